The smallest absolute Gasteiger partial charge is 0.301 e. The maximum atomic E-state index is 13.2. The molecule has 6 nitrogen and oxygen atoms in total. The average Bonchev–Trinajstić information content (AvgIpc) is 3.38. The van der Waals surface area contributed by atoms with Gasteiger partial charge in [-0.2, -0.15) is 0 Å². The molecule has 1 atom stereocenters. The van der Waals surface area contributed by atoms with E-state index in [4.69, 9.17) is 0 Å². The number of aryl methyl sites for hydroxylation is 1. The lowest BCUT2D eigenvalue weighted by Crippen LogP contribution is -2.29. The quantitative estimate of drug-likeness (QED) is 0.277. The Labute approximate surface area is 188 Å². The summed E-state index contributed by atoms with van der Waals surface area (Å²) in [4.78, 5) is 36.7. The van der Waals surface area contributed by atoms with Gasteiger partial charge in [-0.15, -0.1) is 0 Å². The third-order valence-corrected chi connectivity index (χ3v) is 6.57. The van der Waals surface area contributed by atoms with E-state index in [1.165, 1.54) is 16.2 Å². The number of aliphatic hydroxyl groups excluding tert-OH is 1. The Morgan fingerprint density at radius 1 is 1.03 bits per heavy atom. The van der Waals surface area contributed by atoms with Crippen LogP contribution in [-0.2, 0) is 16.0 Å². The van der Waals surface area contributed by atoms with E-state index in [9.17, 15) is 14.7 Å². The first kappa shape index (κ1) is 20.1. The molecular weight excluding hydrogens is 422 g/mol. The Kier molecular flexibility index (Phi) is 5.03. The second kappa shape index (κ2) is 8.01. The second-order valence-corrected chi connectivity index (χ2v) is 8.45. The van der Waals surface area contributed by atoms with E-state index in [0.29, 0.717) is 16.4 Å². The minimum Gasteiger partial charge on any atom is -0.507 e. The number of nitrogens with zero attached hydrogens (tertiary/aromatic N) is 3. The van der Waals surface area contributed by atoms with Crippen molar-refractivity contribution in [2.45, 2.75) is 19.4 Å². The molecule has 4 aromatic rings. The fourth-order valence-corrected chi connectivity index (χ4v) is 4.86. The maximum absolute atomic E-state index is 13.2. The van der Waals surface area contributed by atoms with Crippen LogP contribution in [0.5, 0.6) is 0 Å². The Balaban J connectivity index is 1.70. The lowest BCUT2D eigenvalue weighted by Gasteiger charge is -2.21. The number of anilines is 1. The van der Waals surface area contributed by atoms with Gasteiger partial charge in [-0.05, 0) is 36.2 Å². The van der Waals surface area contributed by atoms with Gasteiger partial charge in [-0.25, -0.2) is 4.98 Å². The molecule has 1 N–H and O–H groups in total. The van der Waals surface area contributed by atoms with Gasteiger partial charge in [0, 0.05) is 11.8 Å². The van der Waals surface area contributed by atoms with E-state index in [-0.39, 0.29) is 11.3 Å². The minimum atomic E-state index is -0.873. The number of amides is 1. The minimum absolute atomic E-state index is 0.0113. The summed E-state index contributed by atoms with van der Waals surface area (Å²) in [5.41, 5.74) is 2.82. The van der Waals surface area contributed by atoms with Crippen LogP contribution in [0.25, 0.3) is 16.0 Å². The number of Topliss-reactive ketones (excluding diaryl/α,β-unsaturated/α-hetero) is 1. The molecule has 0 bridgehead atoms. The molecule has 0 spiro atoms. The molecule has 3 heterocycles. The summed E-state index contributed by atoms with van der Waals surface area (Å²) in [6, 6.07) is 19.3. The van der Waals surface area contributed by atoms with Crippen molar-refractivity contribution in [3.63, 3.8) is 0 Å². The number of carbonyl (C=O) groups excluding carboxylic acids is 2. The molecule has 32 heavy (non-hydrogen) atoms. The Hall–Kier alpha value is -3.84. The van der Waals surface area contributed by atoms with Crippen LogP contribution >= 0.6 is 11.3 Å². The zero-order valence-electron chi connectivity index (χ0n) is 17.2. The van der Waals surface area contributed by atoms with Gasteiger partial charge in [0.2, 0.25) is 0 Å². The van der Waals surface area contributed by atoms with Crippen LogP contribution in [-0.4, -0.2) is 26.8 Å². The number of rotatable bonds is 4. The summed E-state index contributed by atoms with van der Waals surface area (Å²) in [6.45, 7) is 2.04. The van der Waals surface area contributed by atoms with Gasteiger partial charge in [-0.3, -0.25) is 19.5 Å². The molecule has 158 valence electrons. The van der Waals surface area contributed by atoms with E-state index in [2.05, 4.69) is 9.97 Å². The van der Waals surface area contributed by atoms with Crippen molar-refractivity contribution in [2.75, 3.05) is 4.90 Å². The molecule has 5 rings (SSSR count). The largest absolute Gasteiger partial charge is 0.507 e. The zero-order valence-corrected chi connectivity index (χ0v) is 18.0. The topological polar surface area (TPSA) is 83.4 Å². The zero-order chi connectivity index (χ0) is 22.2. The Morgan fingerprint density at radius 2 is 1.78 bits per heavy atom. The fourth-order valence-electron chi connectivity index (χ4n) is 3.86. The van der Waals surface area contributed by atoms with Crippen molar-refractivity contribution < 1.29 is 14.7 Å². The molecule has 2 aromatic carbocycles. The summed E-state index contributed by atoms with van der Waals surface area (Å²) >= 11 is 1.32. The van der Waals surface area contributed by atoms with E-state index in [0.717, 1.165) is 22.2 Å². The molecule has 0 radical (unpaired) electrons. The summed E-state index contributed by atoms with van der Waals surface area (Å²) in [7, 11) is 0. The highest BCUT2D eigenvalue weighted by molar-refractivity contribution is 7.22. The third kappa shape index (κ3) is 3.27. The van der Waals surface area contributed by atoms with Crippen molar-refractivity contribution >= 4 is 44.1 Å². The number of pyridine rings is 1. The van der Waals surface area contributed by atoms with Crippen molar-refractivity contribution in [1.82, 2.24) is 9.97 Å². The van der Waals surface area contributed by atoms with E-state index in [1.54, 1.807) is 36.5 Å². The second-order valence-electron chi connectivity index (χ2n) is 7.44. The molecule has 1 saturated heterocycles. The number of aliphatic hydroxyl groups is 1. The standard InChI is InChI=1S/C25H19N3O3S/c1-2-15-10-12-16(13-11-15)22(29)20-21(18-8-5-6-14-26-18)28(24(31)23(20)30)25-27-17-7-3-4-9-19(17)32-25/h3-14,21,29H,2H2,1H3/b22-20+. The van der Waals surface area contributed by atoms with Crippen LogP contribution in [0.4, 0.5) is 5.13 Å². The highest BCUT2D eigenvalue weighted by atomic mass is 32.1. The predicted octanol–water partition coefficient (Wildman–Crippen LogP) is 4.88. The number of hydrogen-bond acceptors (Lipinski definition) is 6. The number of fused-ring (bicyclic) bond motifs is 1. The highest BCUT2D eigenvalue weighted by Crippen LogP contribution is 2.43. The number of thiazole rings is 1. The summed E-state index contributed by atoms with van der Waals surface area (Å²) < 4.78 is 0.902. The molecular formula is C25H19N3O3S. The Morgan fingerprint density at radius 3 is 2.47 bits per heavy atom. The number of aromatic nitrogens is 2. The predicted molar refractivity (Wildman–Crippen MR) is 124 cm³/mol. The lowest BCUT2D eigenvalue weighted by atomic mass is 9.97. The van der Waals surface area contributed by atoms with Gasteiger partial charge in [0.25, 0.3) is 5.78 Å². The van der Waals surface area contributed by atoms with E-state index < -0.39 is 17.7 Å². The number of ketones is 1. The van der Waals surface area contributed by atoms with E-state index in [1.807, 2.05) is 43.3 Å². The van der Waals surface area contributed by atoms with Gasteiger partial charge in [0.05, 0.1) is 21.5 Å². The fraction of sp³-hybridized carbons (Fsp3) is 0.120. The highest BCUT2D eigenvalue weighted by Gasteiger charge is 2.48. The monoisotopic (exact) mass is 441 g/mol. The van der Waals surface area contributed by atoms with Crippen molar-refractivity contribution in [3.8, 4) is 0 Å². The van der Waals surface area contributed by atoms with Crippen LogP contribution in [0.3, 0.4) is 0 Å². The Bertz CT molecular complexity index is 1330. The normalized spacial score (nSPS) is 17.9. The van der Waals surface area contributed by atoms with Crippen molar-refractivity contribution in [2.24, 2.45) is 0 Å². The lowest BCUT2D eigenvalue weighted by molar-refractivity contribution is -0.132. The first-order valence-corrected chi connectivity index (χ1v) is 11.1. The van der Waals surface area contributed by atoms with Crippen LogP contribution in [0.2, 0.25) is 0 Å². The van der Waals surface area contributed by atoms with Crippen LogP contribution < -0.4 is 4.90 Å². The van der Waals surface area contributed by atoms with Gasteiger partial charge in [0.1, 0.15) is 11.8 Å². The molecule has 1 aliphatic rings. The molecule has 1 amide bonds. The third-order valence-electron chi connectivity index (χ3n) is 5.54. The molecule has 1 aliphatic heterocycles. The molecule has 0 aliphatic carbocycles. The van der Waals surface area contributed by atoms with Crippen LogP contribution in [0.15, 0.2) is 78.5 Å². The number of hydrogen-bond donors (Lipinski definition) is 1. The van der Waals surface area contributed by atoms with Crippen LogP contribution in [0, 0.1) is 0 Å². The average molecular weight is 442 g/mol. The molecule has 0 saturated carbocycles. The van der Waals surface area contributed by atoms with Gasteiger partial charge < -0.3 is 5.11 Å². The summed E-state index contributed by atoms with van der Waals surface area (Å²) in [6.07, 6.45) is 2.46. The van der Waals surface area contributed by atoms with Gasteiger partial charge in [0.15, 0.2) is 5.13 Å². The number of para-hydroxylation sites is 1. The number of carbonyl (C=O) groups is 2. The first-order valence-electron chi connectivity index (χ1n) is 10.2. The number of benzene rings is 2. The molecule has 7 heteroatoms. The maximum Gasteiger partial charge on any atom is 0.301 e. The van der Waals surface area contributed by atoms with E-state index >= 15 is 0 Å². The van der Waals surface area contributed by atoms with Gasteiger partial charge in [-0.1, -0.05) is 60.7 Å². The molecule has 1 fully saturated rings. The van der Waals surface area contributed by atoms with Crippen molar-refractivity contribution in [1.29, 1.82) is 0 Å². The molecule has 2 aromatic heterocycles. The summed E-state index contributed by atoms with van der Waals surface area (Å²) in [5, 5.41) is 11.5. The summed E-state index contributed by atoms with van der Waals surface area (Å²) in [5.74, 6) is -1.70. The van der Waals surface area contributed by atoms with Gasteiger partial charge >= 0.3 is 5.91 Å². The molecule has 1 unspecified atom stereocenters. The first-order chi connectivity index (χ1) is 15.6. The van der Waals surface area contributed by atoms with Crippen LogP contribution in [0.1, 0.15) is 29.8 Å². The SMILES string of the molecule is CCc1ccc(/C(O)=C2\C(=O)C(=O)N(c3nc4ccccc4s3)C2c2ccccn2)cc1. The van der Waals surface area contributed by atoms with Crippen molar-refractivity contribution in [3.05, 3.63) is 95.3 Å².